The third kappa shape index (κ3) is 3.39. The topological polar surface area (TPSA) is 25.4 Å². The number of aromatic nitrogens is 1. The Kier molecular flexibility index (Phi) is 4.34. The Bertz CT molecular complexity index is 964. The maximum Gasteiger partial charge on any atom is 0.171 e. The van der Waals surface area contributed by atoms with Gasteiger partial charge >= 0.3 is 0 Å². The maximum absolute atomic E-state index is 14.8. The molecule has 0 amide bonds. The molecule has 0 aliphatic carbocycles. The van der Waals surface area contributed by atoms with Gasteiger partial charge in [0, 0.05) is 22.9 Å². The van der Waals surface area contributed by atoms with E-state index in [0.717, 1.165) is 29.1 Å². The van der Waals surface area contributed by atoms with Crippen LogP contribution in [0.1, 0.15) is 20.8 Å². The van der Waals surface area contributed by atoms with Gasteiger partial charge in [0.25, 0.3) is 0 Å². The second-order valence-corrected chi connectivity index (χ2v) is 7.78. The molecule has 1 aliphatic rings. The molecule has 2 heterocycles. The Balaban J connectivity index is 1.71. The zero-order valence-electron chi connectivity index (χ0n) is 15.9. The van der Waals surface area contributed by atoms with Gasteiger partial charge in [-0.05, 0) is 44.0 Å². The lowest BCUT2D eigenvalue weighted by atomic mass is 10.00. The summed E-state index contributed by atoms with van der Waals surface area (Å²) in [6, 6.07) is 17.0. The molecule has 0 N–H and O–H groups in total. The Labute approximate surface area is 159 Å². The fourth-order valence-electron chi connectivity index (χ4n) is 3.46. The highest BCUT2D eigenvalue weighted by Crippen LogP contribution is 2.37. The summed E-state index contributed by atoms with van der Waals surface area (Å²) >= 11 is 0. The van der Waals surface area contributed by atoms with Crippen molar-refractivity contribution in [3.63, 3.8) is 0 Å². The third-order valence-electron chi connectivity index (χ3n) is 4.86. The van der Waals surface area contributed by atoms with Gasteiger partial charge < -0.3 is 9.64 Å². The summed E-state index contributed by atoms with van der Waals surface area (Å²) in [7, 11) is 0. The second-order valence-electron chi connectivity index (χ2n) is 7.78. The van der Waals surface area contributed by atoms with Crippen LogP contribution in [0.5, 0.6) is 5.75 Å². The van der Waals surface area contributed by atoms with Crippen molar-refractivity contribution in [1.29, 1.82) is 0 Å². The molecule has 27 heavy (non-hydrogen) atoms. The van der Waals surface area contributed by atoms with Gasteiger partial charge in [0.2, 0.25) is 0 Å². The van der Waals surface area contributed by atoms with E-state index in [-0.39, 0.29) is 11.4 Å². The number of ether oxygens (including phenoxy) is 1. The van der Waals surface area contributed by atoms with Crippen LogP contribution >= 0.6 is 0 Å². The number of hydrogen-bond acceptors (Lipinski definition) is 3. The van der Waals surface area contributed by atoms with Crippen LogP contribution in [-0.2, 0) is 0 Å². The van der Waals surface area contributed by atoms with Gasteiger partial charge in [-0.3, -0.25) is 0 Å². The molecular weight excluding hydrogens is 339 g/mol. The van der Waals surface area contributed by atoms with E-state index < -0.39 is 0 Å². The lowest BCUT2D eigenvalue weighted by Gasteiger charge is -2.40. The van der Waals surface area contributed by atoms with E-state index in [9.17, 15) is 4.39 Å². The number of hydrogen-bond donors (Lipinski definition) is 0. The first-order valence-electron chi connectivity index (χ1n) is 9.19. The number of anilines is 1. The molecule has 3 nitrogen and oxygen atoms in total. The summed E-state index contributed by atoms with van der Waals surface area (Å²) in [5.74, 6) is 1.26. The summed E-state index contributed by atoms with van der Waals surface area (Å²) in [4.78, 5) is 6.83. The van der Waals surface area contributed by atoms with E-state index in [4.69, 9.17) is 4.74 Å². The number of benzene rings is 2. The lowest BCUT2D eigenvalue weighted by Crippen LogP contribution is -2.46. The lowest BCUT2D eigenvalue weighted by molar-refractivity contribution is 0.287. The molecule has 4 heteroatoms. The molecule has 0 fully saturated rings. The van der Waals surface area contributed by atoms with Crippen LogP contribution in [0.2, 0.25) is 0 Å². The molecule has 0 spiro atoms. The summed E-state index contributed by atoms with van der Waals surface area (Å²) < 4.78 is 20.7. The molecule has 0 radical (unpaired) electrons. The van der Waals surface area contributed by atoms with Crippen molar-refractivity contribution in [2.24, 2.45) is 0 Å². The molecule has 0 saturated carbocycles. The number of fused-ring (bicyclic) bond motifs is 1. The molecule has 1 aromatic heterocycles. The minimum absolute atomic E-state index is 0.0460. The van der Waals surface area contributed by atoms with Crippen LogP contribution in [0.3, 0.4) is 0 Å². The zero-order chi connectivity index (χ0) is 19.0. The monoisotopic (exact) mass is 362 g/mol. The predicted octanol–water partition coefficient (Wildman–Crippen LogP) is 5.55. The highest BCUT2D eigenvalue weighted by atomic mass is 19.1. The van der Waals surface area contributed by atoms with Crippen LogP contribution in [-0.4, -0.2) is 23.7 Å². The number of nitrogens with zero attached hydrogens (tertiary/aromatic N) is 2. The van der Waals surface area contributed by atoms with Crippen LogP contribution in [0.25, 0.3) is 22.3 Å². The molecule has 0 unspecified atom stereocenters. The molecule has 2 aromatic carbocycles. The van der Waals surface area contributed by atoms with Gasteiger partial charge in [-0.2, -0.15) is 0 Å². The average Bonchev–Trinajstić information content (AvgIpc) is 2.67. The van der Waals surface area contributed by atoms with E-state index in [2.05, 4.69) is 30.7 Å². The van der Waals surface area contributed by atoms with Gasteiger partial charge in [0.1, 0.15) is 12.4 Å². The molecule has 0 saturated heterocycles. The molecule has 0 bridgehead atoms. The van der Waals surface area contributed by atoms with Crippen molar-refractivity contribution in [2.75, 3.05) is 18.1 Å². The van der Waals surface area contributed by atoms with Crippen molar-refractivity contribution in [3.05, 3.63) is 66.6 Å². The molecule has 0 atom stereocenters. The van der Waals surface area contributed by atoms with Crippen molar-refractivity contribution in [2.45, 2.75) is 26.3 Å². The summed E-state index contributed by atoms with van der Waals surface area (Å²) in [5.41, 5.74) is 3.06. The fourth-order valence-corrected chi connectivity index (χ4v) is 3.46. The van der Waals surface area contributed by atoms with Gasteiger partial charge in [0.05, 0.1) is 6.54 Å². The van der Waals surface area contributed by atoms with Gasteiger partial charge in [0.15, 0.2) is 11.6 Å². The normalized spacial score (nSPS) is 13.9. The standard InChI is InChI=1S/C23H23FN2O/c1-23(2,3)26-11-12-27-21-14-18(15-25-22(21)26)19-10-9-17(13-20(19)24)16-7-5-4-6-8-16/h4-10,13-15H,11-12H2,1-3H3. The predicted molar refractivity (Wildman–Crippen MR) is 108 cm³/mol. The van der Waals surface area contributed by atoms with Crippen LogP contribution in [0.4, 0.5) is 10.2 Å². The van der Waals surface area contributed by atoms with Crippen molar-refractivity contribution in [3.8, 4) is 28.0 Å². The van der Waals surface area contributed by atoms with E-state index in [0.29, 0.717) is 17.9 Å². The van der Waals surface area contributed by atoms with Crippen LogP contribution in [0.15, 0.2) is 60.8 Å². The summed E-state index contributed by atoms with van der Waals surface area (Å²) in [6.07, 6.45) is 1.73. The average molecular weight is 362 g/mol. The SMILES string of the molecule is CC(C)(C)N1CCOc2cc(-c3ccc(-c4ccccc4)cc3F)cnc21. The van der Waals surface area contributed by atoms with Gasteiger partial charge in [-0.25, -0.2) is 9.37 Å². The zero-order valence-corrected chi connectivity index (χ0v) is 15.9. The largest absolute Gasteiger partial charge is 0.488 e. The Morgan fingerprint density at radius 1 is 0.963 bits per heavy atom. The first-order valence-corrected chi connectivity index (χ1v) is 9.19. The second kappa shape index (κ2) is 6.69. The Morgan fingerprint density at radius 3 is 2.44 bits per heavy atom. The highest BCUT2D eigenvalue weighted by Gasteiger charge is 2.29. The molecular formula is C23H23FN2O. The quantitative estimate of drug-likeness (QED) is 0.597. The number of rotatable bonds is 2. The minimum Gasteiger partial charge on any atom is -0.488 e. The van der Waals surface area contributed by atoms with Crippen LogP contribution < -0.4 is 9.64 Å². The minimum atomic E-state index is -0.262. The summed E-state index contributed by atoms with van der Waals surface area (Å²) in [6.45, 7) is 7.85. The number of pyridine rings is 1. The highest BCUT2D eigenvalue weighted by molar-refractivity contribution is 5.73. The van der Waals surface area contributed by atoms with Crippen molar-refractivity contribution >= 4 is 5.82 Å². The van der Waals surface area contributed by atoms with E-state index in [1.54, 1.807) is 12.3 Å². The third-order valence-corrected chi connectivity index (χ3v) is 4.86. The molecule has 4 rings (SSSR count). The molecule has 3 aromatic rings. The number of halogens is 1. The fraction of sp³-hybridized carbons (Fsp3) is 0.261. The van der Waals surface area contributed by atoms with E-state index >= 15 is 0 Å². The van der Waals surface area contributed by atoms with E-state index in [1.165, 1.54) is 0 Å². The van der Waals surface area contributed by atoms with Gasteiger partial charge in [-0.15, -0.1) is 0 Å². The van der Waals surface area contributed by atoms with Crippen molar-refractivity contribution in [1.82, 2.24) is 4.98 Å². The summed E-state index contributed by atoms with van der Waals surface area (Å²) in [5, 5.41) is 0. The van der Waals surface area contributed by atoms with Crippen molar-refractivity contribution < 1.29 is 9.13 Å². The Morgan fingerprint density at radius 2 is 1.74 bits per heavy atom. The first-order chi connectivity index (χ1) is 12.9. The van der Waals surface area contributed by atoms with Crippen LogP contribution in [0, 0.1) is 5.82 Å². The maximum atomic E-state index is 14.8. The Hall–Kier alpha value is -2.88. The molecule has 1 aliphatic heterocycles. The van der Waals surface area contributed by atoms with E-state index in [1.807, 2.05) is 48.5 Å². The smallest absolute Gasteiger partial charge is 0.171 e. The molecule has 138 valence electrons. The van der Waals surface area contributed by atoms with Gasteiger partial charge in [-0.1, -0.05) is 42.5 Å². The first kappa shape index (κ1) is 17.5.